The zero-order valence-corrected chi connectivity index (χ0v) is 11.7. The van der Waals surface area contributed by atoms with Gasteiger partial charge in [0.25, 0.3) is 0 Å². The van der Waals surface area contributed by atoms with Crippen LogP contribution < -0.4 is 11.1 Å². The standard InChI is InChI=1S/C10H26N2O3Si/c1-4-14-16(3,9-5-8-13)15-10(2)12-7-6-11/h10,12-13H,4-9,11H2,1-3H3. The summed E-state index contributed by atoms with van der Waals surface area (Å²) in [5.41, 5.74) is 5.41. The molecule has 6 heteroatoms. The highest BCUT2D eigenvalue weighted by Gasteiger charge is 2.32. The van der Waals surface area contributed by atoms with E-state index in [0.29, 0.717) is 13.2 Å². The topological polar surface area (TPSA) is 76.7 Å². The minimum Gasteiger partial charge on any atom is -0.396 e. The molecule has 0 saturated heterocycles. The Kier molecular flexibility index (Phi) is 9.10. The molecule has 0 spiro atoms. The van der Waals surface area contributed by atoms with E-state index in [1.165, 1.54) is 0 Å². The zero-order valence-electron chi connectivity index (χ0n) is 10.7. The fourth-order valence-electron chi connectivity index (χ4n) is 1.57. The monoisotopic (exact) mass is 250 g/mol. The van der Waals surface area contributed by atoms with Crippen molar-refractivity contribution in [1.82, 2.24) is 5.32 Å². The molecule has 16 heavy (non-hydrogen) atoms. The first kappa shape index (κ1) is 16.0. The average molecular weight is 250 g/mol. The van der Waals surface area contributed by atoms with Crippen LogP contribution in [-0.4, -0.2) is 46.2 Å². The van der Waals surface area contributed by atoms with E-state index in [-0.39, 0.29) is 12.8 Å². The second-order valence-electron chi connectivity index (χ2n) is 3.90. The molecular weight excluding hydrogens is 224 g/mol. The van der Waals surface area contributed by atoms with Crippen molar-refractivity contribution in [2.45, 2.75) is 39.1 Å². The van der Waals surface area contributed by atoms with Gasteiger partial charge in [-0.2, -0.15) is 0 Å². The van der Waals surface area contributed by atoms with Gasteiger partial charge in [-0.15, -0.1) is 0 Å². The van der Waals surface area contributed by atoms with Gasteiger partial charge in [-0.3, -0.25) is 5.32 Å². The average Bonchev–Trinajstić information content (AvgIpc) is 2.24. The molecule has 0 amide bonds. The van der Waals surface area contributed by atoms with Gasteiger partial charge in [-0.25, -0.2) is 0 Å². The molecule has 98 valence electrons. The van der Waals surface area contributed by atoms with E-state index in [1.54, 1.807) is 0 Å². The molecule has 0 fully saturated rings. The fraction of sp³-hybridized carbons (Fsp3) is 1.00. The third kappa shape index (κ3) is 7.32. The van der Waals surface area contributed by atoms with Crippen LogP contribution in [0.4, 0.5) is 0 Å². The van der Waals surface area contributed by atoms with E-state index in [1.807, 2.05) is 20.4 Å². The predicted octanol–water partition coefficient (Wildman–Crippen LogP) is 0.388. The molecule has 5 nitrogen and oxygen atoms in total. The lowest BCUT2D eigenvalue weighted by atomic mass is 10.5. The quantitative estimate of drug-likeness (QED) is 0.386. The maximum atomic E-state index is 8.85. The molecule has 0 aromatic rings. The highest BCUT2D eigenvalue weighted by Crippen LogP contribution is 2.17. The van der Waals surface area contributed by atoms with Crippen LogP contribution in [0.25, 0.3) is 0 Å². The van der Waals surface area contributed by atoms with Crippen LogP contribution in [0.5, 0.6) is 0 Å². The SMILES string of the molecule is CCO[Si](C)(CCCO)OC(C)NCCN. The lowest BCUT2D eigenvalue weighted by Crippen LogP contribution is -2.46. The van der Waals surface area contributed by atoms with Crippen LogP contribution in [0.3, 0.4) is 0 Å². The summed E-state index contributed by atoms with van der Waals surface area (Å²) in [5.74, 6) is 0. The van der Waals surface area contributed by atoms with Crippen LogP contribution in [0.15, 0.2) is 0 Å². The third-order valence-corrected chi connectivity index (χ3v) is 5.25. The molecule has 2 unspecified atom stereocenters. The number of nitrogens with two attached hydrogens (primary N) is 1. The number of hydrogen-bond acceptors (Lipinski definition) is 5. The van der Waals surface area contributed by atoms with Gasteiger partial charge in [0.2, 0.25) is 0 Å². The van der Waals surface area contributed by atoms with Gasteiger partial charge < -0.3 is 19.7 Å². The minimum absolute atomic E-state index is 0.0505. The molecule has 0 aromatic carbocycles. The molecule has 0 saturated carbocycles. The molecule has 0 heterocycles. The van der Waals surface area contributed by atoms with E-state index in [9.17, 15) is 0 Å². The van der Waals surface area contributed by atoms with Crippen molar-refractivity contribution in [3.05, 3.63) is 0 Å². The van der Waals surface area contributed by atoms with Gasteiger partial charge in [0.1, 0.15) is 0 Å². The van der Waals surface area contributed by atoms with Crippen LogP contribution in [0.1, 0.15) is 20.3 Å². The molecule has 2 atom stereocenters. The Morgan fingerprint density at radius 2 is 2.19 bits per heavy atom. The first-order valence-electron chi connectivity index (χ1n) is 5.94. The molecule has 0 rings (SSSR count). The summed E-state index contributed by atoms with van der Waals surface area (Å²) in [6.07, 6.45) is 0.678. The maximum Gasteiger partial charge on any atom is 0.336 e. The second kappa shape index (κ2) is 9.09. The summed E-state index contributed by atoms with van der Waals surface area (Å²) in [6.45, 7) is 8.12. The van der Waals surface area contributed by atoms with Crippen LogP contribution in [0, 0.1) is 0 Å². The summed E-state index contributed by atoms with van der Waals surface area (Å²) < 4.78 is 11.6. The van der Waals surface area contributed by atoms with Crippen LogP contribution in [0.2, 0.25) is 12.6 Å². The molecule has 0 aromatic heterocycles. The van der Waals surface area contributed by atoms with Crippen LogP contribution >= 0.6 is 0 Å². The second-order valence-corrected chi connectivity index (χ2v) is 7.19. The molecule has 0 radical (unpaired) electrons. The summed E-state index contributed by atoms with van der Waals surface area (Å²) in [6, 6.07) is 0.811. The van der Waals surface area contributed by atoms with Gasteiger partial charge in [-0.05, 0) is 32.9 Å². The Morgan fingerprint density at radius 3 is 2.69 bits per heavy atom. The van der Waals surface area contributed by atoms with Crippen LogP contribution in [-0.2, 0) is 8.85 Å². The molecule has 0 aliphatic heterocycles. The number of aliphatic hydroxyl groups is 1. The van der Waals surface area contributed by atoms with Crippen molar-refractivity contribution >= 4 is 8.56 Å². The number of rotatable bonds is 10. The minimum atomic E-state index is -2.15. The lowest BCUT2D eigenvalue weighted by molar-refractivity contribution is 0.107. The van der Waals surface area contributed by atoms with Crippen molar-refractivity contribution in [2.24, 2.45) is 5.73 Å². The number of hydrogen-bond donors (Lipinski definition) is 3. The summed E-state index contributed by atoms with van der Waals surface area (Å²) in [5, 5.41) is 12.0. The first-order chi connectivity index (χ1) is 7.58. The Morgan fingerprint density at radius 1 is 1.50 bits per heavy atom. The van der Waals surface area contributed by atoms with E-state index >= 15 is 0 Å². The summed E-state index contributed by atoms with van der Waals surface area (Å²) in [7, 11) is -2.15. The third-order valence-electron chi connectivity index (χ3n) is 2.24. The molecule has 0 aliphatic rings. The Labute approximate surface area is 99.6 Å². The van der Waals surface area contributed by atoms with Crippen molar-refractivity contribution in [2.75, 3.05) is 26.3 Å². The Balaban J connectivity index is 4.07. The number of nitrogens with one attached hydrogen (secondary N) is 1. The normalized spacial score (nSPS) is 17.1. The zero-order chi connectivity index (χ0) is 12.4. The Bertz CT molecular complexity index is 174. The van der Waals surface area contributed by atoms with E-state index in [0.717, 1.165) is 19.0 Å². The van der Waals surface area contributed by atoms with Gasteiger partial charge in [-0.1, -0.05) is 0 Å². The number of aliphatic hydroxyl groups excluding tert-OH is 1. The molecular formula is C10H26N2O3Si. The fourth-order valence-corrected chi connectivity index (χ4v) is 4.15. The highest BCUT2D eigenvalue weighted by molar-refractivity contribution is 6.66. The van der Waals surface area contributed by atoms with Gasteiger partial charge >= 0.3 is 8.56 Å². The largest absolute Gasteiger partial charge is 0.396 e. The van der Waals surface area contributed by atoms with E-state index < -0.39 is 8.56 Å². The van der Waals surface area contributed by atoms with Gasteiger partial charge in [0, 0.05) is 26.3 Å². The molecule has 4 N–H and O–H groups in total. The Hall–Kier alpha value is 0.0169. The van der Waals surface area contributed by atoms with Crippen molar-refractivity contribution < 1.29 is 14.0 Å². The smallest absolute Gasteiger partial charge is 0.336 e. The molecule has 0 aliphatic carbocycles. The summed E-state index contributed by atoms with van der Waals surface area (Å²) >= 11 is 0. The van der Waals surface area contributed by atoms with Crippen molar-refractivity contribution in [3.63, 3.8) is 0 Å². The summed E-state index contributed by atoms with van der Waals surface area (Å²) in [4.78, 5) is 0. The molecule has 0 bridgehead atoms. The van der Waals surface area contributed by atoms with E-state index in [2.05, 4.69) is 5.32 Å². The van der Waals surface area contributed by atoms with Gasteiger partial charge in [0.05, 0.1) is 6.23 Å². The van der Waals surface area contributed by atoms with Crippen molar-refractivity contribution in [1.29, 1.82) is 0 Å². The lowest BCUT2D eigenvalue weighted by Gasteiger charge is -2.30. The van der Waals surface area contributed by atoms with Gasteiger partial charge in [0.15, 0.2) is 0 Å². The van der Waals surface area contributed by atoms with E-state index in [4.69, 9.17) is 19.7 Å². The maximum absolute atomic E-state index is 8.85. The first-order valence-corrected chi connectivity index (χ1v) is 8.46. The highest BCUT2D eigenvalue weighted by atomic mass is 28.4. The predicted molar refractivity (Wildman–Crippen MR) is 67.4 cm³/mol. The van der Waals surface area contributed by atoms with Crippen molar-refractivity contribution in [3.8, 4) is 0 Å².